The summed E-state index contributed by atoms with van der Waals surface area (Å²) in [5.41, 5.74) is 3.76. The smallest absolute Gasteiger partial charge is 0.264 e. The van der Waals surface area contributed by atoms with Gasteiger partial charge in [0, 0.05) is 20.0 Å². The lowest BCUT2D eigenvalue weighted by molar-refractivity contribution is -0.139. The summed E-state index contributed by atoms with van der Waals surface area (Å²) in [6.07, 6.45) is 0.247. The zero-order valence-electron chi connectivity index (χ0n) is 24.9. The van der Waals surface area contributed by atoms with E-state index in [0.717, 1.165) is 26.6 Å². The van der Waals surface area contributed by atoms with Gasteiger partial charge in [-0.25, -0.2) is 8.42 Å². The van der Waals surface area contributed by atoms with Crippen LogP contribution in [0.15, 0.2) is 108 Å². The summed E-state index contributed by atoms with van der Waals surface area (Å²) < 4.78 is 34.9. The Morgan fingerprint density at radius 1 is 0.814 bits per heavy atom. The number of hydrogen-bond acceptors (Lipinski definition) is 5. The van der Waals surface area contributed by atoms with Crippen molar-refractivity contribution in [3.63, 3.8) is 0 Å². The normalized spacial score (nSPS) is 11.8. The number of amides is 2. The van der Waals surface area contributed by atoms with Crippen LogP contribution in [0, 0.1) is 13.8 Å². The molecule has 4 aromatic rings. The second-order valence-corrected chi connectivity index (χ2v) is 12.2. The lowest BCUT2D eigenvalue weighted by Gasteiger charge is -2.34. The second-order valence-electron chi connectivity index (χ2n) is 10.3. The molecule has 4 aromatic carbocycles. The predicted molar refractivity (Wildman–Crippen MR) is 168 cm³/mol. The number of benzene rings is 4. The van der Waals surface area contributed by atoms with Gasteiger partial charge < -0.3 is 15.0 Å². The molecule has 4 rings (SSSR count). The molecule has 0 radical (unpaired) electrons. The largest absolute Gasteiger partial charge is 0.495 e. The summed E-state index contributed by atoms with van der Waals surface area (Å²) in [6.45, 7) is 3.36. The number of carbonyl (C=O) groups excluding carboxylic acids is 2. The Hall–Kier alpha value is -4.63. The van der Waals surface area contributed by atoms with E-state index in [1.54, 1.807) is 30.3 Å². The van der Waals surface area contributed by atoms with E-state index in [1.165, 1.54) is 31.2 Å². The first-order valence-electron chi connectivity index (χ1n) is 14.0. The summed E-state index contributed by atoms with van der Waals surface area (Å²) in [4.78, 5) is 29.3. The van der Waals surface area contributed by atoms with Crippen LogP contribution in [0.2, 0.25) is 0 Å². The number of nitrogens with zero attached hydrogens (tertiary/aromatic N) is 2. The molecule has 0 saturated carbocycles. The molecule has 9 heteroatoms. The minimum absolute atomic E-state index is 0.0311. The highest BCUT2D eigenvalue weighted by molar-refractivity contribution is 7.92. The summed E-state index contributed by atoms with van der Waals surface area (Å²) in [6, 6.07) is 29.3. The number of anilines is 1. The minimum atomic E-state index is -4.22. The first kappa shape index (κ1) is 31.3. The molecule has 2 amide bonds. The fourth-order valence-electron chi connectivity index (χ4n) is 4.84. The molecule has 224 valence electrons. The molecule has 0 aliphatic carbocycles. The number of carbonyl (C=O) groups is 2. The average molecular weight is 600 g/mol. The predicted octanol–water partition coefficient (Wildman–Crippen LogP) is 4.89. The van der Waals surface area contributed by atoms with Crippen LogP contribution in [-0.4, -0.2) is 51.9 Å². The molecule has 0 fully saturated rings. The maximum atomic E-state index is 14.4. The van der Waals surface area contributed by atoms with Crippen molar-refractivity contribution in [1.82, 2.24) is 10.2 Å². The van der Waals surface area contributed by atoms with Gasteiger partial charge in [-0.3, -0.25) is 13.9 Å². The van der Waals surface area contributed by atoms with Crippen LogP contribution in [-0.2, 0) is 32.6 Å². The van der Waals surface area contributed by atoms with Crippen molar-refractivity contribution in [3.8, 4) is 5.75 Å². The minimum Gasteiger partial charge on any atom is -0.495 e. The van der Waals surface area contributed by atoms with Crippen molar-refractivity contribution >= 4 is 27.5 Å². The van der Waals surface area contributed by atoms with Crippen LogP contribution in [0.3, 0.4) is 0 Å². The summed E-state index contributed by atoms with van der Waals surface area (Å²) >= 11 is 0. The molecule has 1 N–H and O–H groups in total. The lowest BCUT2D eigenvalue weighted by Crippen LogP contribution is -2.53. The maximum absolute atomic E-state index is 14.4. The molecular weight excluding hydrogens is 562 g/mol. The number of nitrogens with one attached hydrogen (secondary N) is 1. The van der Waals surface area contributed by atoms with Crippen LogP contribution in [0.25, 0.3) is 0 Å². The average Bonchev–Trinajstić information content (AvgIpc) is 3.02. The Morgan fingerprint density at radius 2 is 1.42 bits per heavy atom. The quantitative estimate of drug-likeness (QED) is 0.250. The van der Waals surface area contributed by atoms with Crippen LogP contribution in [0.5, 0.6) is 5.75 Å². The van der Waals surface area contributed by atoms with Gasteiger partial charge in [0.2, 0.25) is 11.8 Å². The molecule has 0 saturated heterocycles. The van der Waals surface area contributed by atoms with Gasteiger partial charge in [0.25, 0.3) is 10.0 Å². The molecule has 0 aliphatic heterocycles. The Labute approximate surface area is 254 Å². The van der Waals surface area contributed by atoms with Gasteiger partial charge >= 0.3 is 0 Å². The van der Waals surface area contributed by atoms with Gasteiger partial charge in [0.15, 0.2) is 0 Å². The molecule has 43 heavy (non-hydrogen) atoms. The molecule has 0 bridgehead atoms. The third-order valence-corrected chi connectivity index (χ3v) is 8.98. The van der Waals surface area contributed by atoms with Crippen molar-refractivity contribution < 1.29 is 22.7 Å². The van der Waals surface area contributed by atoms with Crippen molar-refractivity contribution in [2.24, 2.45) is 0 Å². The van der Waals surface area contributed by atoms with Gasteiger partial charge in [-0.1, -0.05) is 84.4 Å². The third kappa shape index (κ3) is 7.61. The first-order valence-corrected chi connectivity index (χ1v) is 15.4. The fraction of sp³-hybridized carbons (Fsp3) is 0.235. The SMILES string of the molecule is CNC(=O)[C@@H](Cc1ccccc1)N(Cc1ccc(C)cc1)C(=O)CN(c1cc(C)ccc1OC)S(=O)(=O)c1ccccc1. The zero-order chi connectivity index (χ0) is 31.0. The summed E-state index contributed by atoms with van der Waals surface area (Å²) in [5.74, 6) is -0.585. The standard InChI is InChI=1S/C34H37N3O5S/c1-25-15-18-28(19-16-25)23-36(31(34(39)35-3)22-27-11-7-5-8-12-27)33(38)24-37(30-21-26(2)17-20-32(30)42-4)43(40,41)29-13-9-6-10-14-29/h5-21,31H,22-24H2,1-4H3,(H,35,39)/t31-/m1/s1. The number of sulfonamides is 1. The summed E-state index contributed by atoms with van der Waals surface area (Å²) in [5, 5.41) is 2.70. The number of ether oxygens (including phenoxy) is 1. The molecule has 0 heterocycles. The molecular formula is C34H37N3O5S. The lowest BCUT2D eigenvalue weighted by atomic mass is 10.0. The van der Waals surface area contributed by atoms with E-state index >= 15 is 0 Å². The Kier molecular flexibility index (Phi) is 10.2. The van der Waals surface area contributed by atoms with E-state index in [0.29, 0.717) is 5.75 Å². The molecule has 0 aromatic heterocycles. The van der Waals surface area contributed by atoms with E-state index in [2.05, 4.69) is 5.32 Å². The van der Waals surface area contributed by atoms with E-state index in [4.69, 9.17) is 4.74 Å². The van der Waals surface area contributed by atoms with Crippen LogP contribution in [0.1, 0.15) is 22.3 Å². The van der Waals surface area contributed by atoms with Gasteiger partial charge in [-0.15, -0.1) is 0 Å². The molecule has 0 unspecified atom stereocenters. The van der Waals surface area contributed by atoms with Crippen LogP contribution in [0.4, 0.5) is 5.69 Å². The first-order chi connectivity index (χ1) is 20.6. The van der Waals surface area contributed by atoms with Gasteiger partial charge in [0.05, 0.1) is 17.7 Å². The summed E-state index contributed by atoms with van der Waals surface area (Å²) in [7, 11) is -1.24. The van der Waals surface area contributed by atoms with Crippen molar-refractivity contribution in [3.05, 3.63) is 125 Å². The van der Waals surface area contributed by atoms with Crippen LogP contribution < -0.4 is 14.4 Å². The molecule has 0 spiro atoms. The fourth-order valence-corrected chi connectivity index (χ4v) is 6.28. The maximum Gasteiger partial charge on any atom is 0.264 e. The van der Waals surface area contributed by atoms with Gasteiger partial charge in [-0.2, -0.15) is 0 Å². The van der Waals surface area contributed by atoms with E-state index < -0.39 is 28.5 Å². The Morgan fingerprint density at radius 3 is 2.02 bits per heavy atom. The third-order valence-electron chi connectivity index (χ3n) is 7.20. The highest BCUT2D eigenvalue weighted by Gasteiger charge is 2.35. The second kappa shape index (κ2) is 14.0. The number of aryl methyl sites for hydroxylation is 2. The number of likely N-dealkylation sites (N-methyl/N-ethyl adjacent to an activating group) is 1. The van der Waals surface area contributed by atoms with E-state index in [-0.39, 0.29) is 29.5 Å². The number of methoxy groups -OCH3 is 1. The van der Waals surface area contributed by atoms with E-state index in [1.807, 2.05) is 74.5 Å². The molecule has 1 atom stereocenters. The zero-order valence-corrected chi connectivity index (χ0v) is 25.7. The molecule has 0 aliphatic rings. The monoisotopic (exact) mass is 599 g/mol. The highest BCUT2D eigenvalue weighted by atomic mass is 32.2. The van der Waals surface area contributed by atoms with Crippen molar-refractivity contribution in [2.45, 2.75) is 37.8 Å². The Bertz CT molecular complexity index is 1640. The Balaban J connectivity index is 1.82. The van der Waals surface area contributed by atoms with Crippen molar-refractivity contribution in [1.29, 1.82) is 0 Å². The van der Waals surface area contributed by atoms with Crippen molar-refractivity contribution in [2.75, 3.05) is 25.0 Å². The van der Waals surface area contributed by atoms with Gasteiger partial charge in [0.1, 0.15) is 18.3 Å². The van der Waals surface area contributed by atoms with E-state index in [9.17, 15) is 18.0 Å². The molecule has 8 nitrogen and oxygen atoms in total. The number of rotatable bonds is 12. The van der Waals surface area contributed by atoms with Gasteiger partial charge in [-0.05, 0) is 54.8 Å². The highest BCUT2D eigenvalue weighted by Crippen LogP contribution is 2.34. The van der Waals surface area contributed by atoms with Crippen LogP contribution >= 0.6 is 0 Å². The topological polar surface area (TPSA) is 96.0 Å². The number of hydrogen-bond donors (Lipinski definition) is 1.